The number of pyridine rings is 1. The number of ether oxygens (including phenoxy) is 1. The average molecular weight is 503 g/mol. The SMILES string of the molecule is CC[C@H](c1nnnn1Cc1ccc(F)cc1)N(Cc1ccco1)Cc1cc2ccc(OC)cc2[nH]c1=O. The number of nitrogens with one attached hydrogen (secondary N) is 1. The topological polar surface area (TPSA) is 102 Å². The first-order valence-corrected chi connectivity index (χ1v) is 12.0. The van der Waals surface area contributed by atoms with Crippen molar-refractivity contribution in [3.63, 3.8) is 0 Å². The van der Waals surface area contributed by atoms with Crippen molar-refractivity contribution in [3.8, 4) is 5.75 Å². The Morgan fingerprint density at radius 2 is 1.97 bits per heavy atom. The highest BCUT2D eigenvalue weighted by Crippen LogP contribution is 2.27. The van der Waals surface area contributed by atoms with Gasteiger partial charge in [0.1, 0.15) is 17.3 Å². The molecule has 190 valence electrons. The van der Waals surface area contributed by atoms with Gasteiger partial charge in [0, 0.05) is 18.2 Å². The molecule has 5 aromatic rings. The van der Waals surface area contributed by atoms with Crippen LogP contribution >= 0.6 is 0 Å². The van der Waals surface area contributed by atoms with Crippen molar-refractivity contribution in [3.05, 3.63) is 106 Å². The molecule has 3 aromatic heterocycles. The zero-order valence-corrected chi connectivity index (χ0v) is 20.6. The van der Waals surface area contributed by atoms with Gasteiger partial charge in [-0.25, -0.2) is 9.07 Å². The standard InChI is InChI=1S/C27H27FN6O3/c1-3-25(26-30-31-32-34(26)15-18-6-9-21(28)10-7-18)33(17-23-5-4-12-37-23)16-20-13-19-8-11-22(36-2)14-24(19)29-27(20)35/h4-14,25H,3,15-17H2,1-2H3,(H,29,35)/t25-/m1/s1. The molecule has 0 aliphatic carbocycles. The fourth-order valence-electron chi connectivity index (χ4n) is 4.50. The Morgan fingerprint density at radius 1 is 1.14 bits per heavy atom. The average Bonchev–Trinajstić information content (AvgIpc) is 3.58. The fraction of sp³-hybridized carbons (Fsp3) is 0.259. The molecule has 0 unspecified atom stereocenters. The predicted molar refractivity (Wildman–Crippen MR) is 135 cm³/mol. The number of hydrogen-bond donors (Lipinski definition) is 1. The molecule has 0 saturated carbocycles. The summed E-state index contributed by atoms with van der Waals surface area (Å²) in [5.41, 5.74) is 2.02. The first-order valence-electron chi connectivity index (χ1n) is 12.0. The molecule has 3 heterocycles. The summed E-state index contributed by atoms with van der Waals surface area (Å²) in [5.74, 6) is 1.79. The van der Waals surface area contributed by atoms with Gasteiger partial charge >= 0.3 is 0 Å². The van der Waals surface area contributed by atoms with Gasteiger partial charge < -0.3 is 14.1 Å². The lowest BCUT2D eigenvalue weighted by Gasteiger charge is -2.29. The summed E-state index contributed by atoms with van der Waals surface area (Å²) in [5, 5.41) is 13.4. The number of benzene rings is 2. The van der Waals surface area contributed by atoms with Crippen LogP contribution in [0.3, 0.4) is 0 Å². The van der Waals surface area contributed by atoms with E-state index in [1.54, 1.807) is 36.3 Å². The molecule has 1 atom stereocenters. The quantitative estimate of drug-likeness (QED) is 0.301. The van der Waals surface area contributed by atoms with Gasteiger partial charge in [0.15, 0.2) is 5.82 Å². The van der Waals surface area contributed by atoms with E-state index in [4.69, 9.17) is 9.15 Å². The van der Waals surface area contributed by atoms with Crippen molar-refractivity contribution in [1.82, 2.24) is 30.1 Å². The Labute approximate surface area is 212 Å². The smallest absolute Gasteiger partial charge is 0.252 e. The lowest BCUT2D eigenvalue weighted by molar-refractivity contribution is 0.149. The zero-order chi connectivity index (χ0) is 25.8. The third kappa shape index (κ3) is 5.44. The minimum atomic E-state index is -0.296. The van der Waals surface area contributed by atoms with Crippen molar-refractivity contribution < 1.29 is 13.5 Å². The van der Waals surface area contributed by atoms with Crippen molar-refractivity contribution in [2.24, 2.45) is 0 Å². The molecule has 0 aliphatic rings. The summed E-state index contributed by atoms with van der Waals surface area (Å²) in [7, 11) is 1.59. The van der Waals surface area contributed by atoms with Crippen molar-refractivity contribution in [1.29, 1.82) is 0 Å². The minimum Gasteiger partial charge on any atom is -0.497 e. The predicted octanol–water partition coefficient (Wildman–Crippen LogP) is 4.46. The zero-order valence-electron chi connectivity index (χ0n) is 20.6. The molecular formula is C27H27FN6O3. The first-order chi connectivity index (χ1) is 18.0. The summed E-state index contributed by atoms with van der Waals surface area (Å²) < 4.78 is 26.0. The number of rotatable bonds is 10. The van der Waals surface area contributed by atoms with Crippen LogP contribution in [0.1, 0.15) is 42.1 Å². The minimum absolute atomic E-state index is 0.175. The van der Waals surface area contributed by atoms with Crippen LogP contribution in [-0.2, 0) is 19.6 Å². The van der Waals surface area contributed by atoms with Gasteiger partial charge in [-0.3, -0.25) is 9.69 Å². The van der Waals surface area contributed by atoms with Gasteiger partial charge in [0.25, 0.3) is 5.56 Å². The molecule has 0 saturated heterocycles. The van der Waals surface area contributed by atoms with E-state index in [2.05, 4.69) is 25.4 Å². The molecule has 10 heteroatoms. The lowest BCUT2D eigenvalue weighted by Crippen LogP contribution is -2.32. The van der Waals surface area contributed by atoms with Crippen LogP contribution in [0.5, 0.6) is 5.75 Å². The third-order valence-electron chi connectivity index (χ3n) is 6.37. The number of furan rings is 1. The number of tetrazole rings is 1. The molecule has 2 aromatic carbocycles. The first kappa shape index (κ1) is 24.4. The molecule has 0 radical (unpaired) electrons. The van der Waals surface area contributed by atoms with E-state index in [0.717, 1.165) is 16.7 Å². The second kappa shape index (κ2) is 10.8. The van der Waals surface area contributed by atoms with Crippen LogP contribution in [0.2, 0.25) is 0 Å². The van der Waals surface area contributed by atoms with Gasteiger partial charge in [0.05, 0.1) is 38.0 Å². The van der Waals surface area contributed by atoms with E-state index in [0.29, 0.717) is 48.7 Å². The Kier molecular flexibility index (Phi) is 7.09. The van der Waals surface area contributed by atoms with E-state index in [-0.39, 0.29) is 17.4 Å². The number of nitrogens with zero attached hydrogens (tertiary/aromatic N) is 5. The van der Waals surface area contributed by atoms with E-state index in [1.165, 1.54) is 12.1 Å². The summed E-state index contributed by atoms with van der Waals surface area (Å²) in [4.78, 5) is 18.2. The molecule has 0 fully saturated rings. The summed E-state index contributed by atoms with van der Waals surface area (Å²) in [6, 6.07) is 17.3. The number of fused-ring (bicyclic) bond motifs is 1. The van der Waals surface area contributed by atoms with E-state index < -0.39 is 0 Å². The van der Waals surface area contributed by atoms with Gasteiger partial charge in [0.2, 0.25) is 0 Å². The maximum absolute atomic E-state index is 13.4. The number of halogens is 1. The fourth-order valence-corrected chi connectivity index (χ4v) is 4.50. The van der Waals surface area contributed by atoms with Crippen LogP contribution in [0.15, 0.2) is 76.1 Å². The Balaban J connectivity index is 1.49. The second-order valence-electron chi connectivity index (χ2n) is 8.81. The molecule has 37 heavy (non-hydrogen) atoms. The maximum atomic E-state index is 13.4. The van der Waals surface area contributed by atoms with Crippen molar-refractivity contribution in [2.75, 3.05) is 7.11 Å². The second-order valence-corrected chi connectivity index (χ2v) is 8.81. The number of aromatic amines is 1. The highest BCUT2D eigenvalue weighted by Gasteiger charge is 2.27. The van der Waals surface area contributed by atoms with Crippen molar-refractivity contribution in [2.45, 2.75) is 39.0 Å². The number of H-pyrrole nitrogens is 1. The molecular weight excluding hydrogens is 475 g/mol. The van der Waals surface area contributed by atoms with E-state index in [1.807, 2.05) is 37.3 Å². The molecule has 5 rings (SSSR count). The highest BCUT2D eigenvalue weighted by molar-refractivity contribution is 5.80. The third-order valence-corrected chi connectivity index (χ3v) is 6.37. The number of methoxy groups -OCH3 is 1. The maximum Gasteiger partial charge on any atom is 0.252 e. The lowest BCUT2D eigenvalue weighted by atomic mass is 10.1. The number of aromatic nitrogens is 5. The van der Waals surface area contributed by atoms with Crippen LogP contribution in [0.25, 0.3) is 10.9 Å². The van der Waals surface area contributed by atoms with Gasteiger partial charge in [-0.2, -0.15) is 0 Å². The number of hydrogen-bond acceptors (Lipinski definition) is 7. The van der Waals surface area contributed by atoms with Crippen LogP contribution < -0.4 is 10.3 Å². The van der Waals surface area contributed by atoms with Crippen LogP contribution in [0.4, 0.5) is 4.39 Å². The van der Waals surface area contributed by atoms with Gasteiger partial charge in [-0.1, -0.05) is 19.1 Å². The molecule has 0 bridgehead atoms. The van der Waals surface area contributed by atoms with E-state index in [9.17, 15) is 9.18 Å². The van der Waals surface area contributed by atoms with Gasteiger partial charge in [-0.15, -0.1) is 5.10 Å². The highest BCUT2D eigenvalue weighted by atomic mass is 19.1. The normalized spacial score (nSPS) is 12.3. The largest absolute Gasteiger partial charge is 0.497 e. The monoisotopic (exact) mass is 502 g/mol. The van der Waals surface area contributed by atoms with Crippen LogP contribution in [-0.4, -0.2) is 37.2 Å². The van der Waals surface area contributed by atoms with E-state index >= 15 is 0 Å². The Hall–Kier alpha value is -4.31. The summed E-state index contributed by atoms with van der Waals surface area (Å²) >= 11 is 0. The van der Waals surface area contributed by atoms with Gasteiger partial charge in [-0.05, 0) is 70.3 Å². The molecule has 9 nitrogen and oxygen atoms in total. The Bertz CT molecular complexity index is 1530. The molecule has 1 N–H and O–H groups in total. The van der Waals surface area contributed by atoms with Crippen molar-refractivity contribution >= 4 is 10.9 Å². The summed E-state index contributed by atoms with van der Waals surface area (Å²) in [6.07, 6.45) is 2.32. The summed E-state index contributed by atoms with van der Waals surface area (Å²) in [6.45, 7) is 3.24. The molecule has 0 aliphatic heterocycles. The molecule has 0 amide bonds. The van der Waals surface area contributed by atoms with Crippen LogP contribution in [0, 0.1) is 5.82 Å². The molecule has 0 spiro atoms. The Morgan fingerprint density at radius 3 is 2.70 bits per heavy atom.